The molecule has 0 spiro atoms. The van der Waals surface area contributed by atoms with E-state index in [-0.39, 0.29) is 5.88 Å². The standard InChI is InChI=1S/C5H4FNO/c6-8-5-3-1-2-4-7-5/h1-4H. The fourth-order valence-electron chi connectivity index (χ4n) is 0.393. The van der Waals surface area contributed by atoms with Crippen LogP contribution in [-0.4, -0.2) is 4.98 Å². The molecule has 0 N–H and O–H groups in total. The van der Waals surface area contributed by atoms with Gasteiger partial charge in [-0.3, -0.25) is 4.94 Å². The minimum atomic E-state index is -0.00694. The zero-order valence-corrected chi connectivity index (χ0v) is 4.04. The molecule has 8 heavy (non-hydrogen) atoms. The molecule has 0 atom stereocenters. The summed E-state index contributed by atoms with van der Waals surface area (Å²) in [5.41, 5.74) is 0. The van der Waals surface area contributed by atoms with Crippen LogP contribution in [0.4, 0.5) is 4.53 Å². The van der Waals surface area contributed by atoms with Gasteiger partial charge in [-0.25, -0.2) is 4.98 Å². The van der Waals surface area contributed by atoms with Gasteiger partial charge in [0.25, 0.3) is 5.88 Å². The van der Waals surface area contributed by atoms with E-state index < -0.39 is 0 Å². The second-order valence-electron chi connectivity index (χ2n) is 1.25. The first-order valence-corrected chi connectivity index (χ1v) is 2.13. The largest absolute Gasteiger partial charge is 0.274 e. The number of hydrogen-bond acceptors (Lipinski definition) is 2. The van der Waals surface area contributed by atoms with Gasteiger partial charge < -0.3 is 0 Å². The van der Waals surface area contributed by atoms with Gasteiger partial charge in [0.2, 0.25) is 0 Å². The Morgan fingerprint density at radius 2 is 2.38 bits per heavy atom. The maximum absolute atomic E-state index is 11.2. The predicted molar refractivity (Wildman–Crippen MR) is 26.0 cm³/mol. The second kappa shape index (κ2) is 2.26. The SMILES string of the molecule is FOc1ccccn1. The van der Waals surface area contributed by atoms with E-state index in [0.717, 1.165) is 0 Å². The van der Waals surface area contributed by atoms with Gasteiger partial charge in [-0.1, -0.05) is 6.07 Å². The molecular weight excluding hydrogens is 109 g/mol. The molecule has 0 saturated carbocycles. The average Bonchev–Trinajstić information content (AvgIpc) is 1.90. The molecule has 0 bridgehead atoms. The summed E-state index contributed by atoms with van der Waals surface area (Å²) in [4.78, 5) is 6.80. The van der Waals surface area contributed by atoms with Crippen molar-refractivity contribution < 1.29 is 9.47 Å². The zero-order valence-electron chi connectivity index (χ0n) is 4.04. The lowest BCUT2D eigenvalue weighted by atomic mass is 10.5. The first kappa shape index (κ1) is 5.03. The Balaban J connectivity index is 2.83. The molecule has 42 valence electrons. The lowest BCUT2D eigenvalue weighted by molar-refractivity contribution is -0.0118. The van der Waals surface area contributed by atoms with Crippen molar-refractivity contribution in [2.24, 2.45) is 0 Å². The molecule has 0 aliphatic rings. The molecule has 0 unspecified atom stereocenters. The topological polar surface area (TPSA) is 22.1 Å². The first-order valence-electron chi connectivity index (χ1n) is 2.13. The maximum Gasteiger partial charge on any atom is 0.262 e. The lowest BCUT2D eigenvalue weighted by Crippen LogP contribution is -1.77. The molecule has 1 aromatic heterocycles. The van der Waals surface area contributed by atoms with Crippen LogP contribution in [0.3, 0.4) is 0 Å². The van der Waals surface area contributed by atoms with Crippen LogP contribution in [0, 0.1) is 0 Å². The normalized spacial score (nSPS) is 8.62. The molecular formula is C5H4FNO. The molecule has 0 fully saturated rings. The second-order valence-corrected chi connectivity index (χ2v) is 1.25. The Morgan fingerprint density at radius 3 is 2.75 bits per heavy atom. The van der Waals surface area contributed by atoms with Crippen LogP contribution in [0.1, 0.15) is 0 Å². The zero-order chi connectivity index (χ0) is 5.82. The van der Waals surface area contributed by atoms with Crippen LogP contribution in [0.2, 0.25) is 0 Å². The Morgan fingerprint density at radius 1 is 1.50 bits per heavy atom. The summed E-state index contributed by atoms with van der Waals surface area (Å²) in [6, 6.07) is 4.75. The highest BCUT2D eigenvalue weighted by Crippen LogP contribution is 2.01. The van der Waals surface area contributed by atoms with Gasteiger partial charge in [-0.2, -0.15) is 0 Å². The molecule has 0 aliphatic carbocycles. The summed E-state index contributed by atoms with van der Waals surface area (Å²) < 4.78 is 11.2. The Hall–Kier alpha value is -1.12. The summed E-state index contributed by atoms with van der Waals surface area (Å²) >= 11 is 0. The Kier molecular flexibility index (Phi) is 1.42. The van der Waals surface area contributed by atoms with Gasteiger partial charge in [-0.05, 0) is 6.07 Å². The molecule has 0 amide bonds. The molecule has 0 aromatic carbocycles. The summed E-state index contributed by atoms with van der Waals surface area (Å²) in [5.74, 6) is -0.00694. The van der Waals surface area contributed by atoms with Crippen molar-refractivity contribution in [2.75, 3.05) is 0 Å². The van der Waals surface area contributed by atoms with Crippen molar-refractivity contribution in [3.8, 4) is 5.88 Å². The Labute approximate surface area is 45.8 Å². The highest BCUT2D eigenvalue weighted by Gasteiger charge is 1.86. The van der Waals surface area contributed by atoms with Gasteiger partial charge in [0.1, 0.15) is 0 Å². The molecule has 3 heteroatoms. The van der Waals surface area contributed by atoms with Crippen LogP contribution in [0.25, 0.3) is 0 Å². The minimum Gasteiger partial charge on any atom is -0.274 e. The fraction of sp³-hybridized carbons (Fsp3) is 0. The predicted octanol–water partition coefficient (Wildman–Crippen LogP) is 1.34. The van der Waals surface area contributed by atoms with Crippen LogP contribution in [0.15, 0.2) is 24.4 Å². The lowest BCUT2D eigenvalue weighted by Gasteiger charge is -1.86. The van der Waals surface area contributed by atoms with E-state index in [2.05, 4.69) is 9.93 Å². The van der Waals surface area contributed by atoms with Crippen LogP contribution in [-0.2, 0) is 0 Å². The smallest absolute Gasteiger partial charge is 0.262 e. The maximum atomic E-state index is 11.2. The van der Waals surface area contributed by atoms with E-state index in [4.69, 9.17) is 0 Å². The molecule has 0 radical (unpaired) electrons. The van der Waals surface area contributed by atoms with Gasteiger partial charge in [0.05, 0.1) is 0 Å². The minimum absolute atomic E-state index is 0.00694. The van der Waals surface area contributed by atoms with Crippen molar-refractivity contribution in [1.29, 1.82) is 0 Å². The van der Waals surface area contributed by atoms with Crippen LogP contribution < -0.4 is 4.94 Å². The van der Waals surface area contributed by atoms with Crippen molar-refractivity contribution in [3.05, 3.63) is 24.4 Å². The summed E-state index contributed by atoms with van der Waals surface area (Å²) in [6.07, 6.45) is 1.45. The third kappa shape index (κ3) is 0.932. The van der Waals surface area contributed by atoms with Crippen molar-refractivity contribution in [1.82, 2.24) is 4.98 Å². The fourth-order valence-corrected chi connectivity index (χ4v) is 0.393. The highest BCUT2D eigenvalue weighted by molar-refractivity contribution is 5.07. The quantitative estimate of drug-likeness (QED) is 0.548. The van der Waals surface area contributed by atoms with E-state index in [1.54, 1.807) is 12.1 Å². The molecule has 1 heterocycles. The van der Waals surface area contributed by atoms with Gasteiger partial charge >= 0.3 is 0 Å². The van der Waals surface area contributed by atoms with Gasteiger partial charge in [-0.15, -0.1) is 0 Å². The molecule has 1 aromatic rings. The number of rotatable bonds is 1. The number of halogens is 1. The molecule has 0 saturated heterocycles. The van der Waals surface area contributed by atoms with E-state index in [9.17, 15) is 4.53 Å². The van der Waals surface area contributed by atoms with Crippen molar-refractivity contribution in [2.45, 2.75) is 0 Å². The molecule has 2 nitrogen and oxygen atoms in total. The average molecular weight is 113 g/mol. The number of hydrogen-bond donors (Lipinski definition) is 0. The third-order valence-electron chi connectivity index (χ3n) is 0.717. The van der Waals surface area contributed by atoms with Crippen molar-refractivity contribution >= 4 is 0 Å². The highest BCUT2D eigenvalue weighted by atomic mass is 19.3. The van der Waals surface area contributed by atoms with Crippen molar-refractivity contribution in [3.63, 3.8) is 0 Å². The van der Waals surface area contributed by atoms with E-state index in [1.807, 2.05) is 0 Å². The van der Waals surface area contributed by atoms with Gasteiger partial charge in [0, 0.05) is 16.8 Å². The summed E-state index contributed by atoms with van der Waals surface area (Å²) in [5, 5.41) is 0. The molecule has 1 rings (SSSR count). The van der Waals surface area contributed by atoms with E-state index >= 15 is 0 Å². The Bertz CT molecular complexity index is 154. The number of nitrogens with zero attached hydrogens (tertiary/aromatic N) is 1. The summed E-state index contributed by atoms with van der Waals surface area (Å²) in [7, 11) is 0. The van der Waals surface area contributed by atoms with E-state index in [0.29, 0.717) is 0 Å². The number of aromatic nitrogens is 1. The first-order chi connectivity index (χ1) is 3.93. The summed E-state index contributed by atoms with van der Waals surface area (Å²) in [6.45, 7) is 0. The third-order valence-corrected chi connectivity index (χ3v) is 0.717. The van der Waals surface area contributed by atoms with Crippen LogP contribution in [0.5, 0.6) is 5.88 Å². The van der Waals surface area contributed by atoms with Crippen LogP contribution >= 0.6 is 0 Å². The number of pyridine rings is 1. The van der Waals surface area contributed by atoms with Gasteiger partial charge in [0.15, 0.2) is 0 Å². The molecule has 0 aliphatic heterocycles. The van der Waals surface area contributed by atoms with E-state index in [1.165, 1.54) is 12.3 Å². The monoisotopic (exact) mass is 113 g/mol.